The number of nitrogens with zero attached hydrogens (tertiary/aromatic N) is 5. The highest BCUT2D eigenvalue weighted by molar-refractivity contribution is 5.99. The first kappa shape index (κ1) is 17.8. The molecule has 3 aromatic rings. The highest BCUT2D eigenvalue weighted by Crippen LogP contribution is 2.34. The van der Waals surface area contributed by atoms with Crippen LogP contribution in [-0.2, 0) is 6.42 Å². The largest absolute Gasteiger partial charge is 0.469 e. The summed E-state index contributed by atoms with van der Waals surface area (Å²) in [4.78, 5) is 31.2. The molecule has 3 aromatic heterocycles. The zero-order valence-electron chi connectivity index (χ0n) is 16.4. The molecule has 0 spiro atoms. The molecule has 2 aliphatic rings. The normalized spacial score (nSPS) is 19.3. The molecule has 1 atom stereocenters. The lowest BCUT2D eigenvalue weighted by Crippen LogP contribution is -2.47. The van der Waals surface area contributed by atoms with Crippen LogP contribution in [0.3, 0.4) is 0 Å². The van der Waals surface area contributed by atoms with Gasteiger partial charge in [-0.2, -0.15) is 0 Å². The van der Waals surface area contributed by atoms with E-state index in [1.807, 2.05) is 43.5 Å². The van der Waals surface area contributed by atoms with Crippen LogP contribution < -0.4 is 9.80 Å². The number of hydrogen-bond acceptors (Lipinski definition) is 7. The van der Waals surface area contributed by atoms with Crippen molar-refractivity contribution in [3.63, 3.8) is 0 Å². The molecule has 0 radical (unpaired) electrons. The second kappa shape index (κ2) is 7.31. The summed E-state index contributed by atoms with van der Waals surface area (Å²) in [7, 11) is 0. The molecule has 0 amide bonds. The number of aryl methyl sites for hydroxylation is 1. The number of carbonyl (C=O) groups is 1. The standard InChI is InChI=1S/C22H23N5O2/c1-15-21-17(13-16(14-18(21)28)19-5-4-12-29-19)25-22(24-15)27-10-8-26(9-11-27)20-6-2-3-7-23-20/h2-7,12,16H,8-11,13-14H2,1H3. The van der Waals surface area contributed by atoms with Gasteiger partial charge in [0.2, 0.25) is 5.95 Å². The number of rotatable bonds is 3. The highest BCUT2D eigenvalue weighted by atomic mass is 16.3. The molecule has 1 aliphatic carbocycles. The number of furan rings is 1. The zero-order chi connectivity index (χ0) is 19.8. The van der Waals surface area contributed by atoms with E-state index in [2.05, 4.69) is 19.8 Å². The van der Waals surface area contributed by atoms with Crippen molar-refractivity contribution in [1.82, 2.24) is 15.0 Å². The number of aromatic nitrogens is 3. The fourth-order valence-corrected chi connectivity index (χ4v) is 4.30. The SMILES string of the molecule is Cc1nc(N2CCN(c3ccccn3)CC2)nc2c1C(=O)CC(c1ccco1)C2. The minimum absolute atomic E-state index is 0.0492. The molecule has 5 rings (SSSR count). The first-order chi connectivity index (χ1) is 14.2. The van der Waals surface area contributed by atoms with Gasteiger partial charge in [-0.15, -0.1) is 0 Å². The van der Waals surface area contributed by atoms with E-state index in [9.17, 15) is 4.79 Å². The lowest BCUT2D eigenvalue weighted by atomic mass is 9.84. The number of ketones is 1. The molecule has 148 valence electrons. The van der Waals surface area contributed by atoms with Crippen LogP contribution >= 0.6 is 0 Å². The van der Waals surface area contributed by atoms with E-state index in [4.69, 9.17) is 9.40 Å². The summed E-state index contributed by atoms with van der Waals surface area (Å²) >= 11 is 0. The minimum atomic E-state index is 0.0492. The Bertz CT molecular complexity index is 1010. The summed E-state index contributed by atoms with van der Waals surface area (Å²) in [6.07, 6.45) is 4.64. The molecule has 0 saturated carbocycles. The van der Waals surface area contributed by atoms with Crippen LogP contribution in [0.5, 0.6) is 0 Å². The summed E-state index contributed by atoms with van der Waals surface area (Å²) in [5.41, 5.74) is 2.32. The quantitative estimate of drug-likeness (QED) is 0.681. The Hall–Kier alpha value is -3.22. The van der Waals surface area contributed by atoms with Crippen molar-refractivity contribution < 1.29 is 9.21 Å². The van der Waals surface area contributed by atoms with Crippen LogP contribution in [-0.4, -0.2) is 46.9 Å². The lowest BCUT2D eigenvalue weighted by Gasteiger charge is -2.36. The smallest absolute Gasteiger partial charge is 0.225 e. The van der Waals surface area contributed by atoms with Crippen molar-refractivity contribution in [2.75, 3.05) is 36.0 Å². The van der Waals surface area contributed by atoms with Crippen LogP contribution in [0.25, 0.3) is 0 Å². The van der Waals surface area contributed by atoms with E-state index < -0.39 is 0 Å². The van der Waals surface area contributed by atoms with E-state index in [0.29, 0.717) is 18.4 Å². The fourth-order valence-electron chi connectivity index (χ4n) is 4.30. The molecule has 1 aliphatic heterocycles. The Kier molecular flexibility index (Phi) is 4.50. The van der Waals surface area contributed by atoms with E-state index in [1.54, 1.807) is 6.26 Å². The first-order valence-electron chi connectivity index (χ1n) is 10.0. The lowest BCUT2D eigenvalue weighted by molar-refractivity contribution is 0.0958. The van der Waals surface area contributed by atoms with Crippen LogP contribution in [0.15, 0.2) is 47.2 Å². The van der Waals surface area contributed by atoms with Crippen molar-refractivity contribution >= 4 is 17.5 Å². The van der Waals surface area contributed by atoms with Crippen LogP contribution in [0.2, 0.25) is 0 Å². The Morgan fingerprint density at radius 2 is 1.83 bits per heavy atom. The summed E-state index contributed by atoms with van der Waals surface area (Å²) in [6.45, 7) is 5.29. The number of anilines is 2. The maximum Gasteiger partial charge on any atom is 0.225 e. The number of piperazine rings is 1. The molecule has 0 N–H and O–H groups in total. The third kappa shape index (κ3) is 3.37. The van der Waals surface area contributed by atoms with Gasteiger partial charge in [0, 0.05) is 51.1 Å². The number of hydrogen-bond donors (Lipinski definition) is 0. The van der Waals surface area contributed by atoms with Crippen molar-refractivity contribution in [3.05, 3.63) is 65.5 Å². The van der Waals surface area contributed by atoms with Gasteiger partial charge in [-0.25, -0.2) is 15.0 Å². The molecule has 7 heteroatoms. The Labute approximate surface area is 169 Å². The first-order valence-corrected chi connectivity index (χ1v) is 10.0. The van der Waals surface area contributed by atoms with Crippen molar-refractivity contribution in [2.24, 2.45) is 0 Å². The second-order valence-corrected chi connectivity index (χ2v) is 7.64. The molecule has 29 heavy (non-hydrogen) atoms. The summed E-state index contributed by atoms with van der Waals surface area (Å²) in [5, 5.41) is 0. The third-order valence-electron chi connectivity index (χ3n) is 5.78. The van der Waals surface area contributed by atoms with Gasteiger partial charge in [-0.1, -0.05) is 6.07 Å². The van der Waals surface area contributed by atoms with Crippen LogP contribution in [0.1, 0.15) is 39.8 Å². The van der Waals surface area contributed by atoms with Gasteiger partial charge in [-0.3, -0.25) is 4.79 Å². The predicted molar refractivity (Wildman–Crippen MR) is 110 cm³/mol. The number of fused-ring (bicyclic) bond motifs is 1. The van der Waals surface area contributed by atoms with Gasteiger partial charge in [0.05, 0.1) is 23.2 Å². The van der Waals surface area contributed by atoms with Crippen LogP contribution in [0, 0.1) is 6.92 Å². The number of carbonyl (C=O) groups excluding carboxylic acids is 1. The molecule has 1 fully saturated rings. The zero-order valence-corrected chi connectivity index (χ0v) is 16.4. The van der Waals surface area contributed by atoms with Gasteiger partial charge < -0.3 is 14.2 Å². The van der Waals surface area contributed by atoms with Crippen molar-refractivity contribution in [2.45, 2.75) is 25.7 Å². The summed E-state index contributed by atoms with van der Waals surface area (Å²) in [6, 6.07) is 9.79. The maximum absolute atomic E-state index is 12.8. The topological polar surface area (TPSA) is 75.4 Å². The number of pyridine rings is 1. The monoisotopic (exact) mass is 389 g/mol. The molecule has 4 heterocycles. The van der Waals surface area contributed by atoms with Gasteiger partial charge in [0.1, 0.15) is 11.6 Å². The van der Waals surface area contributed by atoms with E-state index >= 15 is 0 Å². The second-order valence-electron chi connectivity index (χ2n) is 7.64. The predicted octanol–water partition coefficient (Wildman–Crippen LogP) is 3.01. The molecule has 1 unspecified atom stereocenters. The average Bonchev–Trinajstić information content (AvgIpc) is 3.29. The van der Waals surface area contributed by atoms with E-state index in [1.165, 1.54) is 0 Å². The average molecular weight is 389 g/mol. The Morgan fingerprint density at radius 1 is 1.00 bits per heavy atom. The molecule has 0 aromatic carbocycles. The van der Waals surface area contributed by atoms with Gasteiger partial charge in [0.25, 0.3) is 0 Å². The summed E-state index contributed by atoms with van der Waals surface area (Å²) < 4.78 is 5.55. The number of Topliss-reactive ketones (excluding diaryl/α,β-unsaturated/α-hetero) is 1. The molecular weight excluding hydrogens is 366 g/mol. The van der Waals surface area contributed by atoms with Gasteiger partial charge in [-0.05, 0) is 31.2 Å². The Morgan fingerprint density at radius 3 is 2.55 bits per heavy atom. The van der Waals surface area contributed by atoms with E-state index in [-0.39, 0.29) is 11.7 Å². The maximum atomic E-state index is 12.8. The summed E-state index contributed by atoms with van der Waals surface area (Å²) in [5.74, 6) is 2.73. The molecule has 0 bridgehead atoms. The molecule has 7 nitrogen and oxygen atoms in total. The molecule has 1 saturated heterocycles. The third-order valence-corrected chi connectivity index (χ3v) is 5.78. The molecular formula is C22H23N5O2. The van der Waals surface area contributed by atoms with Crippen LogP contribution in [0.4, 0.5) is 11.8 Å². The van der Waals surface area contributed by atoms with Crippen molar-refractivity contribution in [1.29, 1.82) is 0 Å². The Balaban J connectivity index is 1.37. The van der Waals surface area contributed by atoms with Gasteiger partial charge in [0.15, 0.2) is 5.78 Å². The van der Waals surface area contributed by atoms with Crippen molar-refractivity contribution in [3.8, 4) is 0 Å². The highest BCUT2D eigenvalue weighted by Gasteiger charge is 2.32. The van der Waals surface area contributed by atoms with Gasteiger partial charge >= 0.3 is 0 Å². The fraction of sp³-hybridized carbons (Fsp3) is 0.364. The van der Waals surface area contributed by atoms with E-state index in [0.717, 1.165) is 55.1 Å². The minimum Gasteiger partial charge on any atom is -0.469 e.